The number of methoxy groups -OCH3 is 1. The van der Waals surface area contributed by atoms with E-state index in [2.05, 4.69) is 19.2 Å². The van der Waals surface area contributed by atoms with E-state index in [1.165, 1.54) is 77.0 Å². The van der Waals surface area contributed by atoms with E-state index in [0.29, 0.717) is 6.04 Å². The summed E-state index contributed by atoms with van der Waals surface area (Å²) in [5.41, 5.74) is 0.216. The molecule has 20 heavy (non-hydrogen) atoms. The first kappa shape index (κ1) is 18.0. The van der Waals surface area contributed by atoms with Gasteiger partial charge in [0.25, 0.3) is 0 Å². The highest BCUT2D eigenvalue weighted by Crippen LogP contribution is 2.39. The van der Waals surface area contributed by atoms with E-state index in [1.54, 1.807) is 0 Å². The van der Waals surface area contributed by atoms with Gasteiger partial charge < -0.3 is 10.1 Å². The maximum absolute atomic E-state index is 5.80. The van der Waals surface area contributed by atoms with Crippen LogP contribution >= 0.6 is 0 Å². The molecule has 0 aromatic rings. The van der Waals surface area contributed by atoms with E-state index in [0.717, 1.165) is 6.54 Å². The lowest BCUT2D eigenvalue weighted by molar-refractivity contribution is -0.0839. The molecule has 1 aliphatic rings. The summed E-state index contributed by atoms with van der Waals surface area (Å²) in [4.78, 5) is 0. The third-order valence-electron chi connectivity index (χ3n) is 4.91. The van der Waals surface area contributed by atoms with Gasteiger partial charge in [0, 0.05) is 13.2 Å². The summed E-state index contributed by atoms with van der Waals surface area (Å²) < 4.78 is 5.80. The topological polar surface area (TPSA) is 21.3 Å². The number of hydrogen-bond acceptors (Lipinski definition) is 2. The Labute approximate surface area is 127 Å². The lowest BCUT2D eigenvalue weighted by atomic mass is 9.75. The second-order valence-electron chi connectivity index (χ2n) is 6.65. The van der Waals surface area contributed by atoms with Crippen molar-refractivity contribution in [1.82, 2.24) is 5.32 Å². The van der Waals surface area contributed by atoms with Crippen LogP contribution in [0.4, 0.5) is 0 Å². The predicted octanol–water partition coefficient (Wildman–Crippen LogP) is 5.06. The first-order valence-electron chi connectivity index (χ1n) is 9.05. The Morgan fingerprint density at radius 1 is 1.00 bits per heavy atom. The van der Waals surface area contributed by atoms with Gasteiger partial charge >= 0.3 is 0 Å². The highest BCUT2D eigenvalue weighted by atomic mass is 16.5. The molecule has 1 N–H and O–H groups in total. The molecule has 0 aliphatic heterocycles. The number of hydrogen-bond donors (Lipinski definition) is 1. The van der Waals surface area contributed by atoms with Crippen molar-refractivity contribution in [2.45, 2.75) is 103 Å². The quantitative estimate of drug-likeness (QED) is 0.477. The molecule has 120 valence electrons. The van der Waals surface area contributed by atoms with Crippen molar-refractivity contribution in [3.8, 4) is 0 Å². The van der Waals surface area contributed by atoms with Gasteiger partial charge in [-0.05, 0) is 45.1 Å². The molecular formula is C18H37NO. The van der Waals surface area contributed by atoms with Crippen LogP contribution in [0, 0.1) is 0 Å². The molecule has 1 saturated carbocycles. The van der Waals surface area contributed by atoms with Crippen molar-refractivity contribution in [3.05, 3.63) is 0 Å². The highest BCUT2D eigenvalue weighted by molar-refractivity contribution is 4.93. The first-order chi connectivity index (χ1) is 9.76. The Bertz CT molecular complexity index is 220. The number of nitrogens with one attached hydrogen (secondary N) is 1. The first-order valence-corrected chi connectivity index (χ1v) is 9.05. The molecule has 1 fully saturated rings. The molecule has 0 heterocycles. The third kappa shape index (κ3) is 6.58. The number of rotatable bonds is 13. The average molecular weight is 284 g/mol. The van der Waals surface area contributed by atoms with Gasteiger partial charge in [-0.25, -0.2) is 0 Å². The Kier molecular flexibility index (Phi) is 9.54. The van der Waals surface area contributed by atoms with E-state index >= 15 is 0 Å². The zero-order valence-corrected chi connectivity index (χ0v) is 14.2. The van der Waals surface area contributed by atoms with Gasteiger partial charge in [0.2, 0.25) is 0 Å². The highest BCUT2D eigenvalue weighted by Gasteiger charge is 2.38. The molecule has 1 atom stereocenters. The van der Waals surface area contributed by atoms with E-state index in [-0.39, 0.29) is 5.60 Å². The lowest BCUT2D eigenvalue weighted by Crippen LogP contribution is -2.46. The molecule has 0 aromatic carbocycles. The summed E-state index contributed by atoms with van der Waals surface area (Å²) in [6.45, 7) is 5.69. The molecule has 0 saturated heterocycles. The van der Waals surface area contributed by atoms with Crippen LogP contribution in [-0.2, 0) is 4.74 Å². The van der Waals surface area contributed by atoms with E-state index < -0.39 is 0 Å². The molecule has 0 radical (unpaired) electrons. The second-order valence-corrected chi connectivity index (χ2v) is 6.65. The Morgan fingerprint density at radius 2 is 1.70 bits per heavy atom. The molecule has 0 aromatic heterocycles. The summed E-state index contributed by atoms with van der Waals surface area (Å²) in [5, 5.41) is 3.75. The summed E-state index contributed by atoms with van der Waals surface area (Å²) in [5.74, 6) is 0. The molecule has 2 nitrogen and oxygen atoms in total. The van der Waals surface area contributed by atoms with Gasteiger partial charge in [-0.15, -0.1) is 0 Å². The molecule has 1 aliphatic carbocycles. The summed E-state index contributed by atoms with van der Waals surface area (Å²) in [6.07, 6.45) is 16.1. The zero-order chi connectivity index (χ0) is 14.7. The van der Waals surface area contributed by atoms with Gasteiger partial charge in [0.05, 0.1) is 5.60 Å². The van der Waals surface area contributed by atoms with E-state index in [9.17, 15) is 0 Å². The number of unbranched alkanes of at least 4 members (excludes halogenated alkanes) is 5. The van der Waals surface area contributed by atoms with Crippen LogP contribution in [0.5, 0.6) is 0 Å². The zero-order valence-electron chi connectivity index (χ0n) is 14.2. The van der Waals surface area contributed by atoms with E-state index in [4.69, 9.17) is 4.74 Å². The second kappa shape index (κ2) is 10.6. The summed E-state index contributed by atoms with van der Waals surface area (Å²) >= 11 is 0. The van der Waals surface area contributed by atoms with E-state index in [1.807, 2.05) is 7.11 Å². The van der Waals surface area contributed by atoms with Crippen molar-refractivity contribution < 1.29 is 4.74 Å². The maximum Gasteiger partial charge on any atom is 0.0693 e. The third-order valence-corrected chi connectivity index (χ3v) is 4.91. The normalized spacial score (nSPS) is 18.8. The number of ether oxygens (including phenoxy) is 1. The predicted molar refractivity (Wildman–Crippen MR) is 88.3 cm³/mol. The van der Waals surface area contributed by atoms with Gasteiger partial charge in [-0.2, -0.15) is 0 Å². The Hall–Kier alpha value is -0.0800. The monoisotopic (exact) mass is 283 g/mol. The Balaban J connectivity index is 2.21. The van der Waals surface area contributed by atoms with Gasteiger partial charge in [-0.3, -0.25) is 0 Å². The molecule has 0 bridgehead atoms. The van der Waals surface area contributed by atoms with Crippen LogP contribution in [0.2, 0.25) is 0 Å². The van der Waals surface area contributed by atoms with Crippen molar-refractivity contribution >= 4 is 0 Å². The van der Waals surface area contributed by atoms with Gasteiger partial charge in [0.15, 0.2) is 0 Å². The molecule has 0 amide bonds. The van der Waals surface area contributed by atoms with Gasteiger partial charge in [0.1, 0.15) is 0 Å². The molecule has 1 unspecified atom stereocenters. The maximum atomic E-state index is 5.80. The fraction of sp³-hybridized carbons (Fsp3) is 1.00. The molecule has 0 spiro atoms. The van der Waals surface area contributed by atoms with Crippen molar-refractivity contribution in [1.29, 1.82) is 0 Å². The SMILES string of the molecule is CCCCCCCCC(CC1(OC)CCC1)NCCC. The van der Waals surface area contributed by atoms with Crippen molar-refractivity contribution in [3.63, 3.8) is 0 Å². The van der Waals surface area contributed by atoms with Crippen LogP contribution in [0.1, 0.15) is 90.9 Å². The Morgan fingerprint density at radius 3 is 2.25 bits per heavy atom. The van der Waals surface area contributed by atoms with Crippen LogP contribution in [0.25, 0.3) is 0 Å². The fourth-order valence-corrected chi connectivity index (χ4v) is 3.31. The van der Waals surface area contributed by atoms with Gasteiger partial charge in [-0.1, -0.05) is 52.4 Å². The fourth-order valence-electron chi connectivity index (χ4n) is 3.31. The lowest BCUT2D eigenvalue weighted by Gasteiger charge is -2.43. The van der Waals surface area contributed by atoms with Crippen molar-refractivity contribution in [2.24, 2.45) is 0 Å². The minimum Gasteiger partial charge on any atom is -0.378 e. The molecule has 1 rings (SSSR count). The minimum absolute atomic E-state index is 0.216. The van der Waals surface area contributed by atoms with Crippen LogP contribution in [0.3, 0.4) is 0 Å². The summed E-state index contributed by atoms with van der Waals surface area (Å²) in [6, 6.07) is 0.668. The van der Waals surface area contributed by atoms with Crippen molar-refractivity contribution in [2.75, 3.05) is 13.7 Å². The smallest absolute Gasteiger partial charge is 0.0693 e. The van der Waals surface area contributed by atoms with Crippen LogP contribution in [-0.4, -0.2) is 25.3 Å². The largest absolute Gasteiger partial charge is 0.378 e. The standard InChI is InChI=1S/C18H37NO/c1-4-6-7-8-9-10-12-17(19-15-5-2)16-18(20-3)13-11-14-18/h17,19H,4-16H2,1-3H3. The summed E-state index contributed by atoms with van der Waals surface area (Å²) in [7, 11) is 1.90. The molecule has 2 heteroatoms. The minimum atomic E-state index is 0.216. The average Bonchev–Trinajstić information content (AvgIpc) is 2.43. The molecular weight excluding hydrogens is 246 g/mol. The van der Waals surface area contributed by atoms with Crippen LogP contribution in [0.15, 0.2) is 0 Å². The van der Waals surface area contributed by atoms with Crippen LogP contribution < -0.4 is 5.32 Å².